The lowest BCUT2D eigenvalue weighted by atomic mass is 10.1. The Hall–Kier alpha value is -2.93. The third kappa shape index (κ3) is 2.59. The first kappa shape index (κ1) is 14.6. The number of aromatic nitrogens is 6. The molecule has 2 N–H and O–H groups in total. The number of hydrogen-bond acceptors (Lipinski definition) is 5. The number of halogens is 1. The molecule has 24 heavy (non-hydrogen) atoms. The molecule has 4 rings (SSSR count). The highest BCUT2D eigenvalue weighted by Crippen LogP contribution is 2.27. The Morgan fingerprint density at radius 1 is 1.12 bits per heavy atom. The van der Waals surface area contributed by atoms with Gasteiger partial charge >= 0.3 is 0 Å². The van der Waals surface area contributed by atoms with Crippen LogP contribution in [0.5, 0.6) is 0 Å². The van der Waals surface area contributed by atoms with E-state index in [9.17, 15) is 0 Å². The normalized spacial score (nSPS) is 12.4. The lowest BCUT2D eigenvalue weighted by molar-refractivity contribution is 0.746. The van der Waals surface area contributed by atoms with Gasteiger partial charge in [0.2, 0.25) is 0 Å². The maximum atomic E-state index is 6.02. The number of benzene rings is 1. The van der Waals surface area contributed by atoms with Crippen LogP contribution in [0, 0.1) is 0 Å². The molecule has 120 valence electrons. The molecule has 0 aliphatic rings. The second-order valence-corrected chi connectivity index (χ2v) is 5.79. The SMILES string of the molecule is Cn1ccnc1[C@H](Nc1ncnc2nc[nH]c12)c1ccc(Cl)cc1. The molecule has 0 saturated heterocycles. The van der Waals surface area contributed by atoms with E-state index in [0.717, 1.165) is 16.9 Å². The number of aryl methyl sites for hydroxylation is 1. The molecule has 0 bridgehead atoms. The highest BCUT2D eigenvalue weighted by Gasteiger charge is 2.20. The molecular formula is C16H14ClN7. The average molecular weight is 340 g/mol. The third-order valence-corrected chi connectivity index (χ3v) is 4.08. The van der Waals surface area contributed by atoms with E-state index in [1.54, 1.807) is 12.5 Å². The molecule has 0 spiro atoms. The van der Waals surface area contributed by atoms with Crippen molar-refractivity contribution in [3.8, 4) is 0 Å². The van der Waals surface area contributed by atoms with Crippen molar-refractivity contribution < 1.29 is 0 Å². The van der Waals surface area contributed by atoms with Gasteiger partial charge in [0, 0.05) is 24.5 Å². The Bertz CT molecular complexity index is 973. The zero-order valence-electron chi connectivity index (χ0n) is 12.8. The molecule has 0 aliphatic carbocycles. The summed E-state index contributed by atoms with van der Waals surface area (Å²) >= 11 is 6.02. The fraction of sp³-hybridized carbons (Fsp3) is 0.125. The quantitative estimate of drug-likeness (QED) is 0.597. The van der Waals surface area contributed by atoms with Gasteiger partial charge < -0.3 is 14.9 Å². The Morgan fingerprint density at radius 2 is 1.96 bits per heavy atom. The monoisotopic (exact) mass is 339 g/mol. The van der Waals surface area contributed by atoms with Crippen LogP contribution >= 0.6 is 11.6 Å². The number of rotatable bonds is 4. The largest absolute Gasteiger partial charge is 0.354 e. The second-order valence-electron chi connectivity index (χ2n) is 5.35. The maximum absolute atomic E-state index is 6.02. The van der Waals surface area contributed by atoms with Crippen molar-refractivity contribution >= 4 is 28.6 Å². The van der Waals surface area contributed by atoms with Crippen LogP contribution in [0.25, 0.3) is 11.2 Å². The number of H-pyrrole nitrogens is 1. The van der Waals surface area contributed by atoms with Gasteiger partial charge in [-0.1, -0.05) is 23.7 Å². The standard InChI is InChI=1S/C16H14ClN7/c1-24-7-6-18-16(24)12(10-2-4-11(17)5-3-10)23-15-13-14(20-8-19-13)21-9-22-15/h2-9,12H,1H3,(H2,19,20,21,22,23)/t12-/m1/s1. The van der Waals surface area contributed by atoms with Crippen molar-refractivity contribution in [1.29, 1.82) is 0 Å². The molecule has 0 aliphatic heterocycles. The van der Waals surface area contributed by atoms with Crippen LogP contribution in [0.4, 0.5) is 5.82 Å². The molecule has 1 aromatic carbocycles. The third-order valence-electron chi connectivity index (χ3n) is 3.82. The minimum Gasteiger partial charge on any atom is -0.354 e. The Balaban J connectivity index is 1.80. The molecule has 8 heteroatoms. The van der Waals surface area contributed by atoms with Gasteiger partial charge in [0.1, 0.15) is 23.7 Å². The summed E-state index contributed by atoms with van der Waals surface area (Å²) in [7, 11) is 1.96. The molecule has 1 atom stereocenters. The van der Waals surface area contributed by atoms with Crippen LogP contribution in [0.3, 0.4) is 0 Å². The van der Waals surface area contributed by atoms with Gasteiger partial charge in [0.15, 0.2) is 11.5 Å². The molecule has 0 saturated carbocycles. The molecular weight excluding hydrogens is 326 g/mol. The van der Waals surface area contributed by atoms with Crippen LogP contribution in [0.2, 0.25) is 5.02 Å². The number of imidazole rings is 2. The predicted octanol–water partition coefficient (Wildman–Crippen LogP) is 2.94. The summed E-state index contributed by atoms with van der Waals surface area (Å²) in [4.78, 5) is 20.2. The van der Waals surface area contributed by atoms with Crippen LogP contribution < -0.4 is 5.32 Å². The van der Waals surface area contributed by atoms with Gasteiger partial charge in [-0.15, -0.1) is 0 Å². The van der Waals surface area contributed by atoms with E-state index in [0.29, 0.717) is 16.5 Å². The number of aromatic amines is 1. The number of hydrogen-bond donors (Lipinski definition) is 2. The smallest absolute Gasteiger partial charge is 0.182 e. The Labute approximate surface area is 142 Å². The summed E-state index contributed by atoms with van der Waals surface area (Å²) in [6.07, 6.45) is 6.77. The number of nitrogens with one attached hydrogen (secondary N) is 2. The molecule has 3 aromatic heterocycles. The van der Waals surface area contributed by atoms with Gasteiger partial charge in [-0.3, -0.25) is 0 Å². The topological polar surface area (TPSA) is 84.3 Å². The Kier molecular flexibility index (Phi) is 3.62. The maximum Gasteiger partial charge on any atom is 0.182 e. The van der Waals surface area contributed by atoms with E-state index < -0.39 is 0 Å². The zero-order valence-corrected chi connectivity index (χ0v) is 13.6. The van der Waals surface area contributed by atoms with Gasteiger partial charge in [-0.05, 0) is 17.7 Å². The summed E-state index contributed by atoms with van der Waals surface area (Å²) in [5.41, 5.74) is 2.40. The van der Waals surface area contributed by atoms with E-state index in [1.807, 2.05) is 42.1 Å². The van der Waals surface area contributed by atoms with Crippen LogP contribution in [0.1, 0.15) is 17.4 Å². The van der Waals surface area contributed by atoms with Gasteiger partial charge in [-0.2, -0.15) is 0 Å². The first-order chi connectivity index (χ1) is 11.7. The van der Waals surface area contributed by atoms with Crippen LogP contribution in [-0.4, -0.2) is 29.5 Å². The number of fused-ring (bicyclic) bond motifs is 1. The molecule has 0 radical (unpaired) electrons. The lowest BCUT2D eigenvalue weighted by Gasteiger charge is -2.20. The van der Waals surface area contributed by atoms with E-state index in [4.69, 9.17) is 11.6 Å². The minimum atomic E-state index is -0.191. The van der Waals surface area contributed by atoms with E-state index >= 15 is 0 Å². The zero-order chi connectivity index (χ0) is 16.5. The van der Waals surface area contributed by atoms with Gasteiger partial charge in [-0.25, -0.2) is 19.9 Å². The highest BCUT2D eigenvalue weighted by atomic mass is 35.5. The van der Waals surface area contributed by atoms with Crippen molar-refractivity contribution in [3.05, 3.63) is 65.7 Å². The first-order valence-corrected chi connectivity index (χ1v) is 7.73. The van der Waals surface area contributed by atoms with Gasteiger partial charge in [0.25, 0.3) is 0 Å². The highest BCUT2D eigenvalue weighted by molar-refractivity contribution is 6.30. The lowest BCUT2D eigenvalue weighted by Crippen LogP contribution is -2.17. The number of anilines is 1. The molecule has 7 nitrogen and oxygen atoms in total. The molecule has 3 heterocycles. The first-order valence-electron chi connectivity index (χ1n) is 7.35. The number of nitrogens with zero attached hydrogens (tertiary/aromatic N) is 5. The summed E-state index contributed by atoms with van der Waals surface area (Å²) < 4.78 is 1.97. The van der Waals surface area contributed by atoms with Crippen molar-refractivity contribution in [3.63, 3.8) is 0 Å². The van der Waals surface area contributed by atoms with Crippen molar-refractivity contribution in [2.45, 2.75) is 6.04 Å². The molecule has 0 amide bonds. The molecule has 0 fully saturated rings. The average Bonchev–Trinajstić information content (AvgIpc) is 3.23. The van der Waals surface area contributed by atoms with Crippen molar-refractivity contribution in [2.24, 2.45) is 7.05 Å². The van der Waals surface area contributed by atoms with Crippen LogP contribution in [-0.2, 0) is 7.05 Å². The van der Waals surface area contributed by atoms with Gasteiger partial charge in [0.05, 0.1) is 6.33 Å². The van der Waals surface area contributed by atoms with E-state index in [-0.39, 0.29) is 6.04 Å². The molecule has 4 aromatic rings. The van der Waals surface area contributed by atoms with E-state index in [2.05, 4.69) is 30.2 Å². The summed E-state index contributed by atoms with van der Waals surface area (Å²) in [6, 6.07) is 7.48. The summed E-state index contributed by atoms with van der Waals surface area (Å²) in [6.45, 7) is 0. The predicted molar refractivity (Wildman–Crippen MR) is 91.8 cm³/mol. The van der Waals surface area contributed by atoms with Crippen molar-refractivity contribution in [1.82, 2.24) is 29.5 Å². The summed E-state index contributed by atoms with van der Waals surface area (Å²) in [5.74, 6) is 1.53. The molecule has 0 unspecified atom stereocenters. The van der Waals surface area contributed by atoms with Crippen molar-refractivity contribution in [2.75, 3.05) is 5.32 Å². The minimum absolute atomic E-state index is 0.191. The van der Waals surface area contributed by atoms with E-state index in [1.165, 1.54) is 6.33 Å². The fourth-order valence-corrected chi connectivity index (χ4v) is 2.74. The van der Waals surface area contributed by atoms with Crippen LogP contribution in [0.15, 0.2) is 49.3 Å². The second kappa shape index (κ2) is 5.93. The summed E-state index contributed by atoms with van der Waals surface area (Å²) in [5, 5.41) is 4.13. The Morgan fingerprint density at radius 3 is 2.71 bits per heavy atom. The fourth-order valence-electron chi connectivity index (χ4n) is 2.62.